The van der Waals surface area contributed by atoms with Crippen LogP contribution in [0, 0.1) is 20.8 Å². The molecule has 2 rings (SSSR count). The minimum Gasteiger partial charge on any atom is -0.481 e. The maximum atomic E-state index is 12.2. The van der Waals surface area contributed by atoms with Crippen molar-refractivity contribution in [1.29, 1.82) is 0 Å². The van der Waals surface area contributed by atoms with Crippen molar-refractivity contribution in [2.75, 3.05) is 5.32 Å². The second-order valence-electron chi connectivity index (χ2n) is 5.48. The summed E-state index contributed by atoms with van der Waals surface area (Å²) < 4.78 is 5.77. The van der Waals surface area contributed by atoms with Gasteiger partial charge in [0.1, 0.15) is 5.75 Å². The summed E-state index contributed by atoms with van der Waals surface area (Å²) in [7, 11) is 0. The van der Waals surface area contributed by atoms with E-state index in [-0.39, 0.29) is 5.91 Å². The first-order chi connectivity index (χ1) is 10.4. The molecule has 0 bridgehead atoms. The van der Waals surface area contributed by atoms with Gasteiger partial charge < -0.3 is 10.1 Å². The van der Waals surface area contributed by atoms with Gasteiger partial charge in [-0.3, -0.25) is 4.79 Å². The average Bonchev–Trinajstić information content (AvgIpc) is 2.46. The third-order valence-electron chi connectivity index (χ3n) is 3.46. The number of carbonyl (C=O) groups excluding carboxylic acids is 1. The Balaban J connectivity index is 2.05. The van der Waals surface area contributed by atoms with E-state index in [9.17, 15) is 4.79 Å². The number of ether oxygens (including phenoxy) is 1. The van der Waals surface area contributed by atoms with Crippen LogP contribution in [0.1, 0.15) is 23.6 Å². The van der Waals surface area contributed by atoms with Gasteiger partial charge in [0.05, 0.1) is 0 Å². The van der Waals surface area contributed by atoms with Crippen molar-refractivity contribution in [3.63, 3.8) is 0 Å². The van der Waals surface area contributed by atoms with Gasteiger partial charge in [0.15, 0.2) is 6.10 Å². The second-order valence-corrected chi connectivity index (χ2v) is 5.89. The molecule has 116 valence electrons. The summed E-state index contributed by atoms with van der Waals surface area (Å²) in [4.78, 5) is 12.2. The van der Waals surface area contributed by atoms with E-state index in [4.69, 9.17) is 16.3 Å². The lowest BCUT2D eigenvalue weighted by Crippen LogP contribution is -2.30. The molecule has 0 saturated heterocycles. The minimum absolute atomic E-state index is 0.208. The van der Waals surface area contributed by atoms with Crippen LogP contribution in [0.2, 0.25) is 5.02 Å². The molecule has 0 aromatic heterocycles. The zero-order valence-electron chi connectivity index (χ0n) is 13.2. The number of aryl methyl sites for hydroxylation is 3. The molecule has 0 radical (unpaired) electrons. The summed E-state index contributed by atoms with van der Waals surface area (Å²) in [5.41, 5.74) is 3.73. The number of anilines is 1. The van der Waals surface area contributed by atoms with Crippen LogP contribution in [0.15, 0.2) is 36.4 Å². The summed E-state index contributed by atoms with van der Waals surface area (Å²) in [6.45, 7) is 7.59. The fourth-order valence-corrected chi connectivity index (χ4v) is 2.17. The normalized spacial score (nSPS) is 11.9. The predicted molar refractivity (Wildman–Crippen MR) is 90.8 cm³/mol. The van der Waals surface area contributed by atoms with Crippen molar-refractivity contribution >= 4 is 23.2 Å². The molecule has 2 aromatic carbocycles. The quantitative estimate of drug-likeness (QED) is 0.889. The Hall–Kier alpha value is -2.00. The van der Waals surface area contributed by atoms with E-state index in [1.54, 1.807) is 13.0 Å². The van der Waals surface area contributed by atoms with E-state index in [0.29, 0.717) is 10.7 Å². The molecule has 0 unspecified atom stereocenters. The van der Waals surface area contributed by atoms with Crippen LogP contribution < -0.4 is 10.1 Å². The summed E-state index contributed by atoms with van der Waals surface area (Å²) in [5, 5.41) is 3.44. The molecular formula is C18H20ClNO2. The van der Waals surface area contributed by atoms with E-state index in [1.807, 2.05) is 51.1 Å². The third-order valence-corrected chi connectivity index (χ3v) is 3.86. The van der Waals surface area contributed by atoms with Gasteiger partial charge >= 0.3 is 0 Å². The molecule has 3 nitrogen and oxygen atoms in total. The van der Waals surface area contributed by atoms with Crippen LogP contribution in [-0.4, -0.2) is 12.0 Å². The highest BCUT2D eigenvalue weighted by Crippen LogP contribution is 2.22. The summed E-state index contributed by atoms with van der Waals surface area (Å²) in [6, 6.07) is 11.4. The maximum absolute atomic E-state index is 12.2. The number of hydrogen-bond donors (Lipinski definition) is 1. The maximum Gasteiger partial charge on any atom is 0.265 e. The van der Waals surface area contributed by atoms with Gasteiger partial charge in [-0.05, 0) is 62.6 Å². The van der Waals surface area contributed by atoms with Crippen LogP contribution in [0.3, 0.4) is 0 Å². The summed E-state index contributed by atoms with van der Waals surface area (Å²) >= 11 is 6.06. The van der Waals surface area contributed by atoms with Crippen LogP contribution in [-0.2, 0) is 4.79 Å². The first-order valence-electron chi connectivity index (χ1n) is 7.18. The summed E-state index contributed by atoms with van der Waals surface area (Å²) in [6.07, 6.45) is -0.597. The first-order valence-corrected chi connectivity index (χ1v) is 7.55. The van der Waals surface area contributed by atoms with Crippen LogP contribution in [0.5, 0.6) is 5.75 Å². The summed E-state index contributed by atoms with van der Waals surface area (Å²) in [5.74, 6) is 0.519. The van der Waals surface area contributed by atoms with Gasteiger partial charge in [0.2, 0.25) is 0 Å². The number of nitrogens with one attached hydrogen (secondary N) is 1. The lowest BCUT2D eigenvalue weighted by atomic mass is 10.1. The van der Waals surface area contributed by atoms with Gasteiger partial charge in [0.25, 0.3) is 5.91 Å². The average molecular weight is 318 g/mol. The van der Waals surface area contributed by atoms with E-state index < -0.39 is 6.10 Å². The number of rotatable bonds is 4. The predicted octanol–water partition coefficient (Wildman–Crippen LogP) is 4.67. The molecule has 4 heteroatoms. The molecule has 0 spiro atoms. The zero-order valence-corrected chi connectivity index (χ0v) is 14.0. The highest BCUT2D eigenvalue weighted by molar-refractivity contribution is 6.31. The molecule has 0 aliphatic rings. The molecule has 2 aromatic rings. The standard InChI is InChI=1S/C18H20ClNO2/c1-11-5-6-13(3)17(9-11)22-14(4)18(21)20-15-8-7-12(2)16(19)10-15/h5-10,14H,1-4H3,(H,20,21)/t14-/m0/s1. The SMILES string of the molecule is Cc1ccc(C)c(O[C@@H](C)C(=O)Nc2ccc(C)c(Cl)c2)c1. The lowest BCUT2D eigenvalue weighted by Gasteiger charge is -2.17. The number of halogens is 1. The molecule has 0 heterocycles. The van der Waals surface area contributed by atoms with E-state index >= 15 is 0 Å². The zero-order chi connectivity index (χ0) is 16.3. The van der Waals surface area contributed by atoms with Gasteiger partial charge in [0, 0.05) is 10.7 Å². The topological polar surface area (TPSA) is 38.3 Å². The molecule has 1 atom stereocenters. The number of hydrogen-bond acceptors (Lipinski definition) is 2. The number of benzene rings is 2. The minimum atomic E-state index is -0.597. The van der Waals surface area contributed by atoms with Crippen LogP contribution in [0.4, 0.5) is 5.69 Å². The van der Waals surface area contributed by atoms with Gasteiger partial charge in [-0.25, -0.2) is 0 Å². The largest absolute Gasteiger partial charge is 0.481 e. The van der Waals surface area contributed by atoms with Gasteiger partial charge in [-0.2, -0.15) is 0 Å². The Morgan fingerprint density at radius 1 is 1.09 bits per heavy atom. The lowest BCUT2D eigenvalue weighted by molar-refractivity contribution is -0.122. The van der Waals surface area contributed by atoms with E-state index in [2.05, 4.69) is 5.32 Å². The second kappa shape index (κ2) is 6.84. The van der Waals surface area contributed by atoms with Crippen molar-refractivity contribution < 1.29 is 9.53 Å². The number of amides is 1. The van der Waals surface area contributed by atoms with Crippen molar-refractivity contribution in [3.8, 4) is 5.75 Å². The van der Waals surface area contributed by atoms with Crippen LogP contribution in [0.25, 0.3) is 0 Å². The van der Waals surface area contributed by atoms with Crippen LogP contribution >= 0.6 is 11.6 Å². The molecule has 0 aliphatic carbocycles. The van der Waals surface area contributed by atoms with Crippen molar-refractivity contribution in [1.82, 2.24) is 0 Å². The monoisotopic (exact) mass is 317 g/mol. The Labute approximate surface area is 136 Å². The number of carbonyl (C=O) groups is 1. The molecular weight excluding hydrogens is 298 g/mol. The first kappa shape index (κ1) is 16.4. The van der Waals surface area contributed by atoms with Crippen molar-refractivity contribution in [2.45, 2.75) is 33.8 Å². The smallest absolute Gasteiger partial charge is 0.265 e. The Morgan fingerprint density at radius 3 is 2.45 bits per heavy atom. The highest BCUT2D eigenvalue weighted by atomic mass is 35.5. The van der Waals surface area contributed by atoms with E-state index in [0.717, 1.165) is 22.4 Å². The van der Waals surface area contributed by atoms with Crippen molar-refractivity contribution in [3.05, 3.63) is 58.1 Å². The Bertz CT molecular complexity index is 697. The molecule has 0 aliphatic heterocycles. The van der Waals surface area contributed by atoms with Gasteiger partial charge in [-0.1, -0.05) is 29.8 Å². The molecule has 0 fully saturated rings. The third kappa shape index (κ3) is 4.01. The van der Waals surface area contributed by atoms with Crippen molar-refractivity contribution in [2.24, 2.45) is 0 Å². The fourth-order valence-electron chi connectivity index (χ4n) is 1.99. The Kier molecular flexibility index (Phi) is 5.09. The molecule has 22 heavy (non-hydrogen) atoms. The molecule has 1 N–H and O–H groups in total. The van der Waals surface area contributed by atoms with Gasteiger partial charge in [-0.15, -0.1) is 0 Å². The fraction of sp³-hybridized carbons (Fsp3) is 0.278. The van der Waals surface area contributed by atoms with E-state index in [1.165, 1.54) is 0 Å². The molecule has 1 amide bonds. The Morgan fingerprint density at radius 2 is 1.77 bits per heavy atom. The molecule has 0 saturated carbocycles. The highest BCUT2D eigenvalue weighted by Gasteiger charge is 2.16.